The van der Waals surface area contributed by atoms with E-state index in [4.69, 9.17) is 37.4 Å². The van der Waals surface area contributed by atoms with Gasteiger partial charge in [-0.15, -0.1) is 0 Å². The number of hydrazone groups is 1. The smallest absolute Gasteiger partial charge is 0.271 e. The molecule has 6 nitrogen and oxygen atoms in total. The second-order valence-electron chi connectivity index (χ2n) is 8.84. The normalized spacial score (nSPS) is 13.9. The molecule has 0 aliphatic heterocycles. The number of halogens is 2. The number of rotatable bonds is 10. The molecule has 1 saturated carbocycles. The predicted molar refractivity (Wildman–Crippen MR) is 148 cm³/mol. The second-order valence-corrected chi connectivity index (χ2v) is 9.69. The monoisotopic (exact) mass is 540 g/mol. The minimum atomic E-state index is -0.375. The van der Waals surface area contributed by atoms with Crippen molar-refractivity contribution in [3.05, 3.63) is 87.4 Å². The van der Waals surface area contributed by atoms with Gasteiger partial charge in [0.2, 0.25) is 0 Å². The van der Waals surface area contributed by atoms with Crippen LogP contribution in [-0.4, -0.2) is 32.4 Å². The van der Waals surface area contributed by atoms with Crippen LogP contribution >= 0.6 is 23.2 Å². The third kappa shape index (κ3) is 7.63. The van der Waals surface area contributed by atoms with Gasteiger partial charge in [0.15, 0.2) is 11.5 Å². The predicted octanol–water partition coefficient (Wildman–Crippen LogP) is 7.27. The average molecular weight is 541 g/mol. The van der Waals surface area contributed by atoms with E-state index in [9.17, 15) is 4.79 Å². The van der Waals surface area contributed by atoms with Gasteiger partial charge in [-0.05, 0) is 72.4 Å². The number of amides is 1. The molecular weight excluding hydrogens is 511 g/mol. The van der Waals surface area contributed by atoms with E-state index in [2.05, 4.69) is 22.7 Å². The van der Waals surface area contributed by atoms with Crippen molar-refractivity contribution in [2.45, 2.75) is 38.0 Å². The molecule has 0 spiro atoms. The largest absolute Gasteiger partial charge is 0.493 e. The third-order valence-corrected chi connectivity index (χ3v) is 6.79. The summed E-state index contributed by atoms with van der Waals surface area (Å²) in [7, 11) is 1.53. The van der Waals surface area contributed by atoms with Gasteiger partial charge in [0.05, 0.1) is 18.3 Å². The Hall–Kier alpha value is -3.22. The van der Waals surface area contributed by atoms with Gasteiger partial charge in [-0.25, -0.2) is 5.43 Å². The van der Waals surface area contributed by atoms with Crippen LogP contribution in [0.5, 0.6) is 17.2 Å². The van der Waals surface area contributed by atoms with Crippen LogP contribution in [0, 0.1) is 0 Å². The van der Waals surface area contributed by atoms with Crippen LogP contribution in [0.4, 0.5) is 0 Å². The quantitative estimate of drug-likeness (QED) is 0.167. The van der Waals surface area contributed by atoms with E-state index in [1.54, 1.807) is 36.4 Å². The molecule has 0 radical (unpaired) electrons. The maximum absolute atomic E-state index is 12.2. The topological polar surface area (TPSA) is 69.2 Å². The molecule has 1 fully saturated rings. The zero-order chi connectivity index (χ0) is 26.0. The summed E-state index contributed by atoms with van der Waals surface area (Å²) in [6.07, 6.45) is 8.02. The Labute approximate surface area is 227 Å². The van der Waals surface area contributed by atoms with E-state index < -0.39 is 0 Å². The van der Waals surface area contributed by atoms with Crippen molar-refractivity contribution < 1.29 is 19.0 Å². The molecule has 0 saturated heterocycles. The van der Waals surface area contributed by atoms with Gasteiger partial charge in [0, 0.05) is 10.6 Å². The summed E-state index contributed by atoms with van der Waals surface area (Å²) in [5.41, 5.74) is 4.90. The Kier molecular flexibility index (Phi) is 9.69. The highest BCUT2D eigenvalue weighted by Crippen LogP contribution is 2.36. The van der Waals surface area contributed by atoms with Gasteiger partial charge in [0.25, 0.3) is 5.91 Å². The fourth-order valence-electron chi connectivity index (χ4n) is 4.39. The first-order valence-electron chi connectivity index (χ1n) is 12.4. The number of hydrogen-bond acceptors (Lipinski definition) is 5. The van der Waals surface area contributed by atoms with Gasteiger partial charge < -0.3 is 14.2 Å². The Balaban J connectivity index is 1.28. The number of carbonyl (C=O) groups is 1. The van der Waals surface area contributed by atoms with Crippen molar-refractivity contribution in [1.82, 2.24) is 5.43 Å². The lowest BCUT2D eigenvalue weighted by Gasteiger charge is -2.22. The van der Waals surface area contributed by atoms with E-state index in [0.717, 1.165) is 5.75 Å². The van der Waals surface area contributed by atoms with Crippen LogP contribution in [0.2, 0.25) is 10.0 Å². The van der Waals surface area contributed by atoms with Crippen molar-refractivity contribution in [3.63, 3.8) is 0 Å². The number of nitrogens with zero attached hydrogens (tertiary/aromatic N) is 1. The van der Waals surface area contributed by atoms with E-state index in [1.807, 2.05) is 12.1 Å². The molecule has 1 aliphatic rings. The van der Waals surface area contributed by atoms with Crippen molar-refractivity contribution in [2.24, 2.45) is 5.10 Å². The molecule has 1 amide bonds. The van der Waals surface area contributed by atoms with Crippen LogP contribution in [-0.2, 0) is 0 Å². The SMILES string of the molecule is COc1cc(C=NNC(=O)c2cccc(Cl)c2)cc(Cl)c1OCCOc1ccc(C2CCCCC2)cc1. The molecule has 1 aliphatic carbocycles. The Morgan fingerprint density at radius 1 is 1.00 bits per heavy atom. The number of methoxy groups -OCH3 is 1. The number of hydrogen-bond donors (Lipinski definition) is 1. The maximum Gasteiger partial charge on any atom is 0.271 e. The zero-order valence-corrected chi connectivity index (χ0v) is 22.2. The fraction of sp³-hybridized carbons (Fsp3) is 0.310. The van der Waals surface area contributed by atoms with E-state index in [-0.39, 0.29) is 5.91 Å². The van der Waals surface area contributed by atoms with Gasteiger partial charge in [-0.3, -0.25) is 4.79 Å². The highest BCUT2D eigenvalue weighted by atomic mass is 35.5. The first-order valence-corrected chi connectivity index (χ1v) is 13.1. The maximum atomic E-state index is 12.2. The van der Waals surface area contributed by atoms with Gasteiger partial charge >= 0.3 is 0 Å². The molecule has 194 valence electrons. The summed E-state index contributed by atoms with van der Waals surface area (Å²) in [6, 6.07) is 18.4. The van der Waals surface area contributed by atoms with Crippen LogP contribution in [0.15, 0.2) is 65.8 Å². The number of benzene rings is 3. The molecule has 0 heterocycles. The molecule has 0 atom stereocenters. The third-order valence-electron chi connectivity index (χ3n) is 6.27. The molecule has 3 aromatic rings. The minimum absolute atomic E-state index is 0.295. The summed E-state index contributed by atoms with van der Waals surface area (Å²) in [6.45, 7) is 0.657. The molecule has 37 heavy (non-hydrogen) atoms. The lowest BCUT2D eigenvalue weighted by atomic mass is 9.84. The van der Waals surface area contributed by atoms with Crippen LogP contribution in [0.3, 0.4) is 0 Å². The van der Waals surface area contributed by atoms with Crippen molar-refractivity contribution in [3.8, 4) is 17.2 Å². The molecule has 0 bridgehead atoms. The molecule has 0 unspecified atom stereocenters. The van der Waals surface area contributed by atoms with Gasteiger partial charge in [-0.1, -0.05) is 60.7 Å². The summed E-state index contributed by atoms with van der Waals surface area (Å²) < 4.78 is 17.2. The number of nitrogens with one attached hydrogen (secondary N) is 1. The lowest BCUT2D eigenvalue weighted by molar-refractivity contribution is 0.0955. The lowest BCUT2D eigenvalue weighted by Crippen LogP contribution is -2.17. The molecule has 4 rings (SSSR count). The van der Waals surface area contributed by atoms with Crippen molar-refractivity contribution in [1.29, 1.82) is 0 Å². The number of ether oxygens (including phenoxy) is 3. The van der Waals surface area contributed by atoms with Crippen molar-refractivity contribution in [2.75, 3.05) is 20.3 Å². The standard InChI is InChI=1S/C29H30Cl2N2O4/c1-35-27-17-20(19-32-33-29(34)23-8-5-9-24(30)18-23)16-26(31)28(27)37-15-14-36-25-12-10-22(11-13-25)21-6-3-2-4-7-21/h5,8-13,16-19,21H,2-4,6-7,14-15H2,1H3,(H,33,34). The zero-order valence-electron chi connectivity index (χ0n) is 20.7. The second kappa shape index (κ2) is 13.4. The Morgan fingerprint density at radius 3 is 2.49 bits per heavy atom. The first-order chi connectivity index (χ1) is 18.0. The van der Waals surface area contributed by atoms with Crippen LogP contribution in [0.1, 0.15) is 59.5 Å². The summed E-state index contributed by atoms with van der Waals surface area (Å²) in [5.74, 6) is 1.98. The highest BCUT2D eigenvalue weighted by molar-refractivity contribution is 6.32. The number of carbonyl (C=O) groups excluding carboxylic acids is 1. The van der Waals surface area contributed by atoms with Crippen LogP contribution in [0.25, 0.3) is 0 Å². The first kappa shape index (κ1) is 26.8. The van der Waals surface area contributed by atoms with Crippen molar-refractivity contribution >= 4 is 35.3 Å². The summed E-state index contributed by atoms with van der Waals surface area (Å²) in [5, 5.41) is 4.83. The summed E-state index contributed by atoms with van der Waals surface area (Å²) in [4.78, 5) is 12.2. The molecule has 0 aromatic heterocycles. The minimum Gasteiger partial charge on any atom is -0.493 e. The van der Waals surface area contributed by atoms with Gasteiger partial charge in [0.1, 0.15) is 19.0 Å². The Bertz CT molecular complexity index is 1230. The van der Waals surface area contributed by atoms with E-state index in [0.29, 0.717) is 51.8 Å². The van der Waals surface area contributed by atoms with Gasteiger partial charge in [-0.2, -0.15) is 5.10 Å². The van der Waals surface area contributed by atoms with Crippen LogP contribution < -0.4 is 19.6 Å². The molecule has 1 N–H and O–H groups in total. The fourth-order valence-corrected chi connectivity index (χ4v) is 4.85. The molecule has 3 aromatic carbocycles. The molecular formula is C29H30Cl2N2O4. The average Bonchev–Trinajstić information content (AvgIpc) is 2.92. The highest BCUT2D eigenvalue weighted by Gasteiger charge is 2.15. The molecule has 8 heteroatoms. The van der Waals surface area contributed by atoms with E-state index in [1.165, 1.54) is 51.0 Å². The summed E-state index contributed by atoms with van der Waals surface area (Å²) >= 11 is 12.4. The Morgan fingerprint density at radius 2 is 1.76 bits per heavy atom. The van der Waals surface area contributed by atoms with E-state index >= 15 is 0 Å².